The summed E-state index contributed by atoms with van der Waals surface area (Å²) in [4.78, 5) is 0. The lowest BCUT2D eigenvalue weighted by molar-refractivity contribution is 0.286. The topological polar surface area (TPSA) is 24.1 Å². The molecule has 1 saturated heterocycles. The standard InChI is InChI=1S/C13H18F2N2/c1-13(2)8-10(5-6-16-13)17-9-3-4-11(14)12(15)7-9/h3-4,7,10,16-17H,5-6,8H2,1-2H3. The van der Waals surface area contributed by atoms with Crippen molar-refractivity contribution in [3.63, 3.8) is 0 Å². The quantitative estimate of drug-likeness (QED) is 0.830. The predicted octanol–water partition coefficient (Wildman–Crippen LogP) is 2.91. The number of anilines is 1. The lowest BCUT2D eigenvalue weighted by Gasteiger charge is -2.37. The first-order valence-electron chi connectivity index (χ1n) is 5.93. The summed E-state index contributed by atoms with van der Waals surface area (Å²) >= 11 is 0. The average molecular weight is 240 g/mol. The van der Waals surface area contributed by atoms with Gasteiger partial charge in [-0.25, -0.2) is 8.78 Å². The number of benzene rings is 1. The van der Waals surface area contributed by atoms with Crippen LogP contribution in [0, 0.1) is 11.6 Å². The monoisotopic (exact) mass is 240 g/mol. The van der Waals surface area contributed by atoms with Gasteiger partial charge in [0.2, 0.25) is 0 Å². The fourth-order valence-electron chi connectivity index (χ4n) is 2.32. The van der Waals surface area contributed by atoms with Crippen molar-refractivity contribution in [2.75, 3.05) is 11.9 Å². The Morgan fingerprint density at radius 1 is 1.29 bits per heavy atom. The van der Waals surface area contributed by atoms with Crippen molar-refractivity contribution in [2.24, 2.45) is 0 Å². The molecule has 2 N–H and O–H groups in total. The first-order valence-corrected chi connectivity index (χ1v) is 5.93. The van der Waals surface area contributed by atoms with E-state index in [0.29, 0.717) is 11.7 Å². The van der Waals surface area contributed by atoms with Gasteiger partial charge in [0, 0.05) is 23.3 Å². The zero-order valence-electron chi connectivity index (χ0n) is 10.2. The molecule has 1 aromatic carbocycles. The highest BCUT2D eigenvalue weighted by Crippen LogP contribution is 2.22. The van der Waals surface area contributed by atoms with Gasteiger partial charge in [0.1, 0.15) is 0 Å². The fourth-order valence-corrected chi connectivity index (χ4v) is 2.32. The zero-order chi connectivity index (χ0) is 12.5. The van der Waals surface area contributed by atoms with Crippen molar-refractivity contribution in [3.05, 3.63) is 29.8 Å². The van der Waals surface area contributed by atoms with Crippen LogP contribution in [0.5, 0.6) is 0 Å². The lowest BCUT2D eigenvalue weighted by Crippen LogP contribution is -2.50. The van der Waals surface area contributed by atoms with Crippen LogP contribution in [0.25, 0.3) is 0 Å². The normalized spacial score (nSPS) is 23.4. The second-order valence-electron chi connectivity index (χ2n) is 5.27. The minimum Gasteiger partial charge on any atom is -0.382 e. The molecule has 94 valence electrons. The summed E-state index contributed by atoms with van der Waals surface area (Å²) in [7, 11) is 0. The molecule has 0 saturated carbocycles. The van der Waals surface area contributed by atoms with Crippen molar-refractivity contribution < 1.29 is 8.78 Å². The molecule has 0 aromatic heterocycles. The lowest BCUT2D eigenvalue weighted by atomic mass is 9.89. The van der Waals surface area contributed by atoms with Gasteiger partial charge in [0.05, 0.1) is 0 Å². The summed E-state index contributed by atoms with van der Waals surface area (Å²) in [6.07, 6.45) is 1.95. The van der Waals surface area contributed by atoms with E-state index in [9.17, 15) is 8.78 Å². The van der Waals surface area contributed by atoms with Crippen LogP contribution in [0.3, 0.4) is 0 Å². The maximum atomic E-state index is 13.1. The van der Waals surface area contributed by atoms with Crippen LogP contribution >= 0.6 is 0 Å². The molecule has 0 aliphatic carbocycles. The highest BCUT2D eigenvalue weighted by atomic mass is 19.2. The van der Waals surface area contributed by atoms with E-state index < -0.39 is 11.6 Å². The third kappa shape index (κ3) is 3.16. The van der Waals surface area contributed by atoms with E-state index in [-0.39, 0.29) is 5.54 Å². The average Bonchev–Trinajstić information content (AvgIpc) is 2.22. The van der Waals surface area contributed by atoms with Crippen LogP contribution in [0.1, 0.15) is 26.7 Å². The highest BCUT2D eigenvalue weighted by Gasteiger charge is 2.27. The van der Waals surface area contributed by atoms with Gasteiger partial charge in [-0.1, -0.05) is 0 Å². The number of nitrogens with one attached hydrogen (secondary N) is 2. The summed E-state index contributed by atoms with van der Waals surface area (Å²) in [5.41, 5.74) is 0.737. The molecule has 1 aliphatic heterocycles. The van der Waals surface area contributed by atoms with E-state index in [0.717, 1.165) is 25.5 Å². The minimum absolute atomic E-state index is 0.0918. The molecule has 0 spiro atoms. The van der Waals surface area contributed by atoms with E-state index >= 15 is 0 Å². The van der Waals surface area contributed by atoms with Crippen molar-refractivity contribution in [3.8, 4) is 0 Å². The van der Waals surface area contributed by atoms with Crippen LogP contribution in [-0.4, -0.2) is 18.1 Å². The number of rotatable bonds is 2. The third-order valence-electron chi connectivity index (χ3n) is 3.14. The van der Waals surface area contributed by atoms with Gasteiger partial charge in [-0.15, -0.1) is 0 Å². The van der Waals surface area contributed by atoms with Gasteiger partial charge in [-0.05, 0) is 45.4 Å². The van der Waals surface area contributed by atoms with Gasteiger partial charge in [-0.3, -0.25) is 0 Å². The Bertz CT molecular complexity index is 404. The maximum Gasteiger partial charge on any atom is 0.160 e. The van der Waals surface area contributed by atoms with E-state index in [1.165, 1.54) is 6.07 Å². The molecule has 17 heavy (non-hydrogen) atoms. The second kappa shape index (κ2) is 4.61. The summed E-state index contributed by atoms with van der Waals surface area (Å²) in [5.74, 6) is -1.61. The van der Waals surface area contributed by atoms with Crippen LogP contribution in [0.15, 0.2) is 18.2 Å². The van der Waals surface area contributed by atoms with Crippen LogP contribution in [0.2, 0.25) is 0 Å². The Balaban J connectivity index is 2.03. The Morgan fingerprint density at radius 3 is 2.71 bits per heavy atom. The van der Waals surface area contributed by atoms with Gasteiger partial charge in [0.15, 0.2) is 11.6 Å². The maximum absolute atomic E-state index is 13.1. The summed E-state index contributed by atoms with van der Waals surface area (Å²) in [6, 6.07) is 4.25. The molecule has 0 radical (unpaired) electrons. The summed E-state index contributed by atoms with van der Waals surface area (Å²) in [6.45, 7) is 5.23. The van der Waals surface area contributed by atoms with E-state index in [1.807, 2.05) is 0 Å². The SMILES string of the molecule is CC1(C)CC(Nc2ccc(F)c(F)c2)CCN1. The Labute approximate surface area is 100 Å². The molecule has 0 amide bonds. The number of hydrogen-bond donors (Lipinski definition) is 2. The molecular formula is C13H18F2N2. The molecule has 1 atom stereocenters. The largest absolute Gasteiger partial charge is 0.382 e. The molecule has 2 rings (SSSR count). The first kappa shape index (κ1) is 12.3. The molecule has 1 fully saturated rings. The Kier molecular flexibility index (Phi) is 3.33. The van der Waals surface area contributed by atoms with Crippen LogP contribution < -0.4 is 10.6 Å². The van der Waals surface area contributed by atoms with E-state index in [1.54, 1.807) is 6.07 Å². The fraction of sp³-hybridized carbons (Fsp3) is 0.538. The Hall–Kier alpha value is -1.16. The summed E-state index contributed by atoms with van der Waals surface area (Å²) in [5, 5.41) is 6.68. The minimum atomic E-state index is -0.804. The number of piperidine rings is 1. The van der Waals surface area contributed by atoms with Crippen molar-refractivity contribution in [2.45, 2.75) is 38.3 Å². The third-order valence-corrected chi connectivity index (χ3v) is 3.14. The molecule has 1 unspecified atom stereocenters. The molecular weight excluding hydrogens is 222 g/mol. The molecule has 4 heteroatoms. The molecule has 2 nitrogen and oxygen atoms in total. The first-order chi connectivity index (χ1) is 7.96. The highest BCUT2D eigenvalue weighted by molar-refractivity contribution is 5.44. The van der Waals surface area contributed by atoms with Gasteiger partial charge >= 0.3 is 0 Å². The predicted molar refractivity (Wildman–Crippen MR) is 65.1 cm³/mol. The van der Waals surface area contributed by atoms with Gasteiger partial charge in [0.25, 0.3) is 0 Å². The molecule has 1 aromatic rings. The number of hydrogen-bond acceptors (Lipinski definition) is 2. The zero-order valence-corrected chi connectivity index (χ0v) is 10.2. The van der Waals surface area contributed by atoms with Gasteiger partial charge < -0.3 is 10.6 Å². The molecule has 1 aliphatic rings. The van der Waals surface area contributed by atoms with Crippen molar-refractivity contribution in [1.29, 1.82) is 0 Å². The van der Waals surface area contributed by atoms with Crippen molar-refractivity contribution in [1.82, 2.24) is 5.32 Å². The van der Waals surface area contributed by atoms with Crippen LogP contribution in [0.4, 0.5) is 14.5 Å². The summed E-state index contributed by atoms with van der Waals surface area (Å²) < 4.78 is 25.8. The Morgan fingerprint density at radius 2 is 2.06 bits per heavy atom. The number of halogens is 2. The molecule has 0 bridgehead atoms. The second-order valence-corrected chi connectivity index (χ2v) is 5.27. The van der Waals surface area contributed by atoms with Crippen LogP contribution in [-0.2, 0) is 0 Å². The smallest absolute Gasteiger partial charge is 0.160 e. The van der Waals surface area contributed by atoms with E-state index in [2.05, 4.69) is 24.5 Å². The van der Waals surface area contributed by atoms with Crippen molar-refractivity contribution >= 4 is 5.69 Å². The molecule has 1 heterocycles. The van der Waals surface area contributed by atoms with Gasteiger partial charge in [-0.2, -0.15) is 0 Å². The van der Waals surface area contributed by atoms with E-state index in [4.69, 9.17) is 0 Å².